The lowest BCUT2D eigenvalue weighted by molar-refractivity contribution is -0.128. The first kappa shape index (κ1) is 10.2. The van der Waals surface area contributed by atoms with E-state index >= 15 is 0 Å². The fraction of sp³-hybridized carbons (Fsp3) is 0.636. The number of carbonyl (C=O) groups excluding carboxylic acids is 1. The molecular formula is C11H15N3OS. The summed E-state index contributed by atoms with van der Waals surface area (Å²) in [5.41, 5.74) is 0.206. The van der Waals surface area contributed by atoms with Crippen molar-refractivity contribution < 1.29 is 4.79 Å². The van der Waals surface area contributed by atoms with Gasteiger partial charge in [-0.1, -0.05) is 0 Å². The van der Waals surface area contributed by atoms with Gasteiger partial charge in [0.05, 0.1) is 0 Å². The number of likely N-dealkylation sites (tertiary alicyclic amines) is 1. The molecule has 1 aliphatic heterocycles. The highest BCUT2D eigenvalue weighted by atomic mass is 32.1. The summed E-state index contributed by atoms with van der Waals surface area (Å²) >= 11 is 1.68. The normalized spacial score (nSPS) is 31.6. The minimum atomic E-state index is 0.197. The van der Waals surface area contributed by atoms with Crippen LogP contribution in [0.15, 0.2) is 11.6 Å². The van der Waals surface area contributed by atoms with Crippen LogP contribution in [0.5, 0.6) is 0 Å². The first-order valence-corrected chi connectivity index (χ1v) is 6.46. The number of thiazole rings is 1. The lowest BCUT2D eigenvalue weighted by Gasteiger charge is -2.19. The number of aromatic nitrogens is 1. The molecule has 3 rings (SSSR count). The molecule has 16 heavy (non-hydrogen) atoms. The molecular weight excluding hydrogens is 222 g/mol. The standard InChI is InChI=1S/C11H15N3OS/c1-8(15)14-6-9-4-11(9,7-14)13-5-10-12-2-3-16-10/h2-3,9,13H,4-7H2,1H3/t9-,11+/m0/s1. The van der Waals surface area contributed by atoms with Crippen molar-refractivity contribution in [1.29, 1.82) is 0 Å². The van der Waals surface area contributed by atoms with Crippen molar-refractivity contribution in [2.45, 2.75) is 25.4 Å². The van der Waals surface area contributed by atoms with Crippen LogP contribution in [0.25, 0.3) is 0 Å². The Morgan fingerprint density at radius 1 is 1.81 bits per heavy atom. The average Bonchev–Trinajstić information content (AvgIpc) is 2.73. The zero-order valence-corrected chi connectivity index (χ0v) is 10.1. The van der Waals surface area contributed by atoms with Crippen molar-refractivity contribution in [3.05, 3.63) is 16.6 Å². The second-order valence-corrected chi connectivity index (χ2v) is 5.72. The van der Waals surface area contributed by atoms with Crippen molar-refractivity contribution in [2.24, 2.45) is 5.92 Å². The molecule has 86 valence electrons. The Balaban J connectivity index is 1.59. The van der Waals surface area contributed by atoms with Gasteiger partial charge in [-0.15, -0.1) is 11.3 Å². The van der Waals surface area contributed by atoms with Crippen LogP contribution in [0.3, 0.4) is 0 Å². The molecule has 1 saturated carbocycles. The van der Waals surface area contributed by atoms with Gasteiger partial charge in [0.15, 0.2) is 0 Å². The van der Waals surface area contributed by atoms with Gasteiger partial charge in [0.2, 0.25) is 5.91 Å². The van der Waals surface area contributed by atoms with E-state index in [9.17, 15) is 4.79 Å². The minimum absolute atomic E-state index is 0.197. The lowest BCUT2D eigenvalue weighted by atomic mass is 10.2. The van der Waals surface area contributed by atoms with E-state index < -0.39 is 0 Å². The molecule has 1 aliphatic carbocycles. The fourth-order valence-electron chi connectivity index (χ4n) is 2.59. The molecule has 5 heteroatoms. The molecule has 2 heterocycles. The molecule has 2 fully saturated rings. The summed E-state index contributed by atoms with van der Waals surface area (Å²) in [5, 5.41) is 6.70. The molecule has 0 spiro atoms. The SMILES string of the molecule is CC(=O)N1C[C@@H]2C[C@@]2(NCc2nccs2)C1. The molecule has 1 amide bonds. The van der Waals surface area contributed by atoms with Gasteiger partial charge in [-0.05, 0) is 12.3 Å². The Bertz CT molecular complexity index is 405. The molecule has 0 radical (unpaired) electrons. The van der Waals surface area contributed by atoms with Crippen molar-refractivity contribution in [2.75, 3.05) is 13.1 Å². The first-order chi connectivity index (χ1) is 7.70. The zero-order valence-electron chi connectivity index (χ0n) is 9.27. The smallest absolute Gasteiger partial charge is 0.219 e. The van der Waals surface area contributed by atoms with Crippen molar-refractivity contribution in [3.63, 3.8) is 0 Å². The Kier molecular flexibility index (Phi) is 2.26. The van der Waals surface area contributed by atoms with Crippen LogP contribution in [-0.2, 0) is 11.3 Å². The molecule has 1 saturated heterocycles. The number of nitrogens with one attached hydrogen (secondary N) is 1. The Morgan fingerprint density at radius 3 is 3.31 bits per heavy atom. The van der Waals surface area contributed by atoms with Gasteiger partial charge >= 0.3 is 0 Å². The number of nitrogens with zero attached hydrogens (tertiary/aromatic N) is 2. The highest BCUT2D eigenvalue weighted by Crippen LogP contribution is 2.49. The van der Waals surface area contributed by atoms with Crippen LogP contribution in [0.4, 0.5) is 0 Å². The Morgan fingerprint density at radius 2 is 2.69 bits per heavy atom. The molecule has 2 aliphatic rings. The predicted molar refractivity (Wildman–Crippen MR) is 62.0 cm³/mol. The minimum Gasteiger partial charge on any atom is -0.341 e. The number of piperidine rings is 1. The van der Waals surface area contributed by atoms with Crippen molar-refractivity contribution >= 4 is 17.2 Å². The van der Waals surface area contributed by atoms with Crippen LogP contribution in [0.2, 0.25) is 0 Å². The summed E-state index contributed by atoms with van der Waals surface area (Å²) in [6, 6.07) is 0. The van der Waals surface area contributed by atoms with E-state index in [0.29, 0.717) is 5.92 Å². The zero-order chi connectivity index (χ0) is 11.2. The second-order valence-electron chi connectivity index (χ2n) is 4.74. The average molecular weight is 237 g/mol. The van der Waals surface area contributed by atoms with E-state index in [0.717, 1.165) is 24.6 Å². The molecule has 4 nitrogen and oxygen atoms in total. The summed E-state index contributed by atoms with van der Waals surface area (Å²) < 4.78 is 0. The summed E-state index contributed by atoms with van der Waals surface area (Å²) in [6.07, 6.45) is 3.04. The van der Waals surface area contributed by atoms with Gasteiger partial charge in [0.1, 0.15) is 5.01 Å². The molecule has 1 aromatic rings. The summed E-state index contributed by atoms with van der Waals surface area (Å²) in [6.45, 7) is 4.29. The van der Waals surface area contributed by atoms with E-state index in [1.54, 1.807) is 18.3 Å². The first-order valence-electron chi connectivity index (χ1n) is 5.58. The molecule has 0 aromatic carbocycles. The van der Waals surface area contributed by atoms with Gasteiger partial charge in [-0.2, -0.15) is 0 Å². The van der Waals surface area contributed by atoms with Crippen molar-refractivity contribution in [1.82, 2.24) is 15.2 Å². The van der Waals surface area contributed by atoms with E-state index in [1.165, 1.54) is 6.42 Å². The maximum atomic E-state index is 11.3. The number of carbonyl (C=O) groups is 1. The van der Waals surface area contributed by atoms with Gasteiger partial charge in [-0.25, -0.2) is 4.98 Å². The highest BCUT2D eigenvalue weighted by molar-refractivity contribution is 7.09. The topological polar surface area (TPSA) is 45.2 Å². The second kappa shape index (κ2) is 3.53. The van der Waals surface area contributed by atoms with Crippen LogP contribution >= 0.6 is 11.3 Å². The third-order valence-corrected chi connectivity index (χ3v) is 4.45. The highest BCUT2D eigenvalue weighted by Gasteiger charge is 2.60. The molecule has 0 bridgehead atoms. The summed E-state index contributed by atoms with van der Waals surface area (Å²) in [7, 11) is 0. The Labute approximate surface area is 98.7 Å². The van der Waals surface area contributed by atoms with Gasteiger partial charge in [-0.3, -0.25) is 4.79 Å². The van der Waals surface area contributed by atoms with Crippen LogP contribution < -0.4 is 5.32 Å². The number of amides is 1. The van der Waals surface area contributed by atoms with Gasteiger partial charge in [0.25, 0.3) is 0 Å². The molecule has 1 aromatic heterocycles. The quantitative estimate of drug-likeness (QED) is 0.848. The maximum Gasteiger partial charge on any atom is 0.219 e. The van der Waals surface area contributed by atoms with Gasteiger partial charge in [0, 0.05) is 43.7 Å². The molecule has 1 N–H and O–H groups in total. The Hall–Kier alpha value is -0.940. The molecule has 2 atom stereocenters. The number of fused-ring (bicyclic) bond motifs is 1. The van der Waals surface area contributed by atoms with Crippen LogP contribution in [0, 0.1) is 5.92 Å². The monoisotopic (exact) mass is 237 g/mol. The van der Waals surface area contributed by atoms with E-state index in [4.69, 9.17) is 0 Å². The summed E-state index contributed by atoms with van der Waals surface area (Å²) in [4.78, 5) is 17.5. The van der Waals surface area contributed by atoms with Crippen molar-refractivity contribution in [3.8, 4) is 0 Å². The third kappa shape index (κ3) is 1.64. The fourth-order valence-corrected chi connectivity index (χ4v) is 3.15. The van der Waals surface area contributed by atoms with Crippen LogP contribution in [0.1, 0.15) is 18.4 Å². The van der Waals surface area contributed by atoms with E-state index in [1.807, 2.05) is 16.5 Å². The maximum absolute atomic E-state index is 11.3. The lowest BCUT2D eigenvalue weighted by Crippen LogP contribution is -2.39. The third-order valence-electron chi connectivity index (χ3n) is 3.67. The number of hydrogen-bond donors (Lipinski definition) is 1. The van der Waals surface area contributed by atoms with Gasteiger partial charge < -0.3 is 10.2 Å². The van der Waals surface area contributed by atoms with E-state index in [-0.39, 0.29) is 11.4 Å². The number of hydrogen-bond acceptors (Lipinski definition) is 4. The predicted octanol–water partition coefficient (Wildman–Crippen LogP) is 0.853. The largest absolute Gasteiger partial charge is 0.341 e. The van der Waals surface area contributed by atoms with E-state index in [2.05, 4.69) is 10.3 Å². The van der Waals surface area contributed by atoms with Crippen LogP contribution in [-0.4, -0.2) is 34.4 Å². The summed E-state index contributed by atoms with van der Waals surface area (Å²) in [5.74, 6) is 0.860. The molecule has 0 unspecified atom stereocenters. The number of rotatable bonds is 3.